The smallest absolute Gasteiger partial charge is 0.303 e. The number of aliphatic carboxylic acids is 1. The third kappa shape index (κ3) is 7.33. The van der Waals surface area contributed by atoms with Gasteiger partial charge in [0.25, 0.3) is 0 Å². The van der Waals surface area contributed by atoms with E-state index in [0.717, 1.165) is 12.8 Å². The number of carbonyl (C=O) groups is 1. The number of aliphatic hydroxyl groups excluding tert-OH is 1. The molecule has 6 heteroatoms. The van der Waals surface area contributed by atoms with Crippen molar-refractivity contribution in [2.45, 2.75) is 64.7 Å². The van der Waals surface area contributed by atoms with Crippen LogP contribution >= 0.6 is 0 Å². The molecule has 1 aromatic rings. The first kappa shape index (κ1) is 21.9. The fourth-order valence-corrected chi connectivity index (χ4v) is 3.03. The summed E-state index contributed by atoms with van der Waals surface area (Å²) in [6, 6.07) is 5.28. The van der Waals surface area contributed by atoms with E-state index in [1.54, 1.807) is 18.2 Å². The number of ether oxygens (including phenoxy) is 3. The third-order valence-corrected chi connectivity index (χ3v) is 4.66. The van der Waals surface area contributed by atoms with Crippen molar-refractivity contribution in [3.63, 3.8) is 0 Å². The lowest BCUT2D eigenvalue weighted by Crippen LogP contribution is -2.14. The van der Waals surface area contributed by atoms with Crippen molar-refractivity contribution in [3.8, 4) is 11.5 Å². The highest BCUT2D eigenvalue weighted by Crippen LogP contribution is 2.34. The van der Waals surface area contributed by atoms with Gasteiger partial charge in [-0.2, -0.15) is 0 Å². The van der Waals surface area contributed by atoms with Gasteiger partial charge in [0.15, 0.2) is 11.5 Å². The average Bonchev–Trinajstić information content (AvgIpc) is 2.68. The predicted molar refractivity (Wildman–Crippen MR) is 108 cm³/mol. The van der Waals surface area contributed by atoms with E-state index in [0.29, 0.717) is 48.9 Å². The molecule has 0 radical (unpaired) electrons. The Labute approximate surface area is 167 Å². The Balaban J connectivity index is 1.82. The third-order valence-electron chi connectivity index (χ3n) is 4.66. The largest absolute Gasteiger partial charge is 0.504 e. The number of unbranched alkanes of at least 4 members (excludes halogenated alkanes) is 6. The molecule has 1 aliphatic heterocycles. The van der Waals surface area contributed by atoms with Crippen molar-refractivity contribution in [2.75, 3.05) is 19.8 Å². The second-order valence-electron chi connectivity index (χ2n) is 7.03. The molecular formula is C22H32O6. The van der Waals surface area contributed by atoms with Crippen LogP contribution in [-0.2, 0) is 9.53 Å². The zero-order chi connectivity index (χ0) is 20.2. The second-order valence-corrected chi connectivity index (χ2v) is 7.03. The molecule has 6 nitrogen and oxygen atoms in total. The van der Waals surface area contributed by atoms with Gasteiger partial charge >= 0.3 is 5.97 Å². The maximum atomic E-state index is 10.5. The Morgan fingerprint density at radius 3 is 2.54 bits per heavy atom. The van der Waals surface area contributed by atoms with Gasteiger partial charge in [-0.1, -0.05) is 39.0 Å². The number of rotatable bonds is 14. The highest BCUT2D eigenvalue weighted by atomic mass is 16.5. The van der Waals surface area contributed by atoms with E-state index < -0.39 is 5.97 Å². The summed E-state index contributed by atoms with van der Waals surface area (Å²) in [7, 11) is 0. The molecule has 0 saturated heterocycles. The van der Waals surface area contributed by atoms with Crippen molar-refractivity contribution < 1.29 is 29.2 Å². The first-order valence-electron chi connectivity index (χ1n) is 10.3. The van der Waals surface area contributed by atoms with Gasteiger partial charge in [-0.25, -0.2) is 0 Å². The minimum Gasteiger partial charge on any atom is -0.504 e. The maximum Gasteiger partial charge on any atom is 0.303 e. The maximum absolute atomic E-state index is 10.5. The number of benzene rings is 1. The summed E-state index contributed by atoms with van der Waals surface area (Å²) in [5.41, 5.74) is 0.562. The summed E-state index contributed by atoms with van der Waals surface area (Å²) < 4.78 is 17.1. The zero-order valence-electron chi connectivity index (χ0n) is 16.7. The molecule has 156 valence electrons. The molecule has 0 bridgehead atoms. The monoisotopic (exact) mass is 392 g/mol. The quantitative estimate of drug-likeness (QED) is 0.417. The van der Waals surface area contributed by atoms with Gasteiger partial charge in [0.2, 0.25) is 0 Å². The topological polar surface area (TPSA) is 85.2 Å². The summed E-state index contributed by atoms with van der Waals surface area (Å²) in [4.78, 5) is 10.5. The molecule has 28 heavy (non-hydrogen) atoms. The summed E-state index contributed by atoms with van der Waals surface area (Å²) in [5.74, 6) is 0.974. The van der Waals surface area contributed by atoms with Gasteiger partial charge < -0.3 is 24.4 Å². The van der Waals surface area contributed by atoms with Crippen LogP contribution in [0.2, 0.25) is 0 Å². The van der Waals surface area contributed by atoms with Crippen LogP contribution in [0.4, 0.5) is 0 Å². The Hall–Kier alpha value is -2.37. The fourth-order valence-electron chi connectivity index (χ4n) is 3.03. The van der Waals surface area contributed by atoms with Gasteiger partial charge in [0, 0.05) is 6.42 Å². The van der Waals surface area contributed by atoms with Crippen LogP contribution in [0.15, 0.2) is 24.0 Å². The fraction of sp³-hybridized carbons (Fsp3) is 0.591. The van der Waals surface area contributed by atoms with Crippen LogP contribution in [0, 0.1) is 0 Å². The van der Waals surface area contributed by atoms with Crippen molar-refractivity contribution in [3.05, 3.63) is 29.5 Å². The molecule has 0 saturated carbocycles. The van der Waals surface area contributed by atoms with Crippen LogP contribution in [-0.4, -0.2) is 36.0 Å². The molecule has 0 amide bonds. The minimum absolute atomic E-state index is 0.101. The van der Waals surface area contributed by atoms with Gasteiger partial charge in [-0.3, -0.25) is 4.79 Å². The lowest BCUT2D eigenvalue weighted by atomic mass is 10.1. The molecule has 0 unspecified atom stereocenters. The number of hydrogen-bond donors (Lipinski definition) is 2. The van der Waals surface area contributed by atoms with E-state index in [4.69, 9.17) is 19.3 Å². The number of hydrogen-bond acceptors (Lipinski definition) is 5. The van der Waals surface area contributed by atoms with Crippen LogP contribution in [0.3, 0.4) is 0 Å². The molecule has 0 fully saturated rings. The molecule has 0 atom stereocenters. The summed E-state index contributed by atoms with van der Waals surface area (Å²) in [5, 5.41) is 19.2. The normalized spacial score (nSPS) is 13.0. The van der Waals surface area contributed by atoms with E-state index in [2.05, 4.69) is 6.92 Å². The van der Waals surface area contributed by atoms with Crippen molar-refractivity contribution in [2.24, 2.45) is 0 Å². The molecule has 1 aliphatic rings. The van der Waals surface area contributed by atoms with Crippen molar-refractivity contribution in [1.82, 2.24) is 0 Å². The number of carboxylic acids is 1. The van der Waals surface area contributed by atoms with Crippen LogP contribution in [0.25, 0.3) is 5.76 Å². The Morgan fingerprint density at radius 1 is 1.04 bits per heavy atom. The van der Waals surface area contributed by atoms with E-state index in [-0.39, 0.29) is 18.8 Å². The van der Waals surface area contributed by atoms with Gasteiger partial charge in [-0.05, 0) is 37.5 Å². The molecule has 0 aliphatic carbocycles. The van der Waals surface area contributed by atoms with E-state index in [1.807, 2.05) is 0 Å². The van der Waals surface area contributed by atoms with E-state index >= 15 is 0 Å². The number of aliphatic hydroxyl groups is 1. The first-order valence-corrected chi connectivity index (χ1v) is 10.3. The Morgan fingerprint density at radius 2 is 1.75 bits per heavy atom. The summed E-state index contributed by atoms with van der Waals surface area (Å²) >= 11 is 0. The predicted octanol–water partition coefficient (Wildman–Crippen LogP) is 5.32. The molecule has 1 heterocycles. The molecule has 1 aromatic carbocycles. The van der Waals surface area contributed by atoms with Crippen LogP contribution in [0.1, 0.15) is 70.3 Å². The van der Waals surface area contributed by atoms with Gasteiger partial charge in [-0.15, -0.1) is 0 Å². The summed E-state index contributed by atoms with van der Waals surface area (Å²) in [6.45, 7) is 3.43. The molecule has 2 rings (SSSR count). The summed E-state index contributed by atoms with van der Waals surface area (Å²) in [6.07, 6.45) is 8.47. The molecule has 0 spiro atoms. The lowest BCUT2D eigenvalue weighted by molar-refractivity contribution is -0.137. The van der Waals surface area contributed by atoms with Gasteiger partial charge in [0.05, 0.1) is 18.8 Å². The minimum atomic E-state index is -0.797. The number of fused-ring (bicyclic) bond motifs is 1. The van der Waals surface area contributed by atoms with Crippen LogP contribution < -0.4 is 9.47 Å². The van der Waals surface area contributed by atoms with Crippen molar-refractivity contribution >= 4 is 11.7 Å². The molecule has 2 N–H and O–H groups in total. The molecular weight excluding hydrogens is 360 g/mol. The standard InChI is InChI=1S/C22H32O6/c1-2-3-4-5-6-8-14-27-20-16-28-19-12-11-17(15-18(19)22(20)25)26-13-9-7-10-21(23)24/h11-12,15,25H,2-10,13-14,16H2,1H3,(H,23,24). The number of carboxylic acid groups (broad SMARTS) is 1. The van der Waals surface area contributed by atoms with Crippen LogP contribution in [0.5, 0.6) is 11.5 Å². The average molecular weight is 392 g/mol. The second kappa shape index (κ2) is 12.2. The first-order chi connectivity index (χ1) is 13.6. The van der Waals surface area contributed by atoms with Gasteiger partial charge in [0.1, 0.15) is 18.1 Å². The molecule has 0 aromatic heterocycles. The lowest BCUT2D eigenvalue weighted by Gasteiger charge is -2.21. The van der Waals surface area contributed by atoms with E-state index in [1.165, 1.54) is 25.7 Å². The van der Waals surface area contributed by atoms with E-state index in [9.17, 15) is 9.90 Å². The Bertz CT molecular complexity index is 652. The van der Waals surface area contributed by atoms with Crippen molar-refractivity contribution in [1.29, 1.82) is 0 Å². The SMILES string of the molecule is CCCCCCCCOC1=C(O)c2cc(OCCCCC(=O)O)ccc2OC1. The highest BCUT2D eigenvalue weighted by molar-refractivity contribution is 5.69. The Kier molecular flexibility index (Phi) is 9.52. The zero-order valence-corrected chi connectivity index (χ0v) is 16.7. The highest BCUT2D eigenvalue weighted by Gasteiger charge is 2.21.